The summed E-state index contributed by atoms with van der Waals surface area (Å²) >= 11 is 5.55. The molecular weight excluding hydrogens is 282 g/mol. The molecule has 1 nitrogen and oxygen atoms in total. The molecule has 16 heavy (non-hydrogen) atoms. The smallest absolute Gasteiger partial charge is 0.0467 e. The van der Waals surface area contributed by atoms with Crippen LogP contribution in [0.1, 0.15) is 48.4 Å². The SMILES string of the molecule is CNC(c1cc(Br)c(C)s1)C1(C)CCCC1. The highest BCUT2D eigenvalue weighted by atomic mass is 79.9. The number of halogens is 1. The Hall–Kier alpha value is 0.140. The maximum absolute atomic E-state index is 3.62. The van der Waals surface area contributed by atoms with Gasteiger partial charge in [-0.3, -0.25) is 0 Å². The number of hydrogen-bond acceptors (Lipinski definition) is 2. The van der Waals surface area contributed by atoms with Crippen LogP contribution in [0.3, 0.4) is 0 Å². The minimum atomic E-state index is 0.450. The van der Waals surface area contributed by atoms with Crippen LogP contribution in [0.15, 0.2) is 10.5 Å². The number of aryl methyl sites for hydroxylation is 1. The van der Waals surface area contributed by atoms with Crippen LogP contribution in [0.25, 0.3) is 0 Å². The van der Waals surface area contributed by atoms with Gasteiger partial charge < -0.3 is 5.32 Å². The molecule has 1 unspecified atom stereocenters. The molecule has 0 spiro atoms. The van der Waals surface area contributed by atoms with E-state index in [9.17, 15) is 0 Å². The Bertz CT molecular complexity index is 347. The summed E-state index contributed by atoms with van der Waals surface area (Å²) < 4.78 is 1.26. The summed E-state index contributed by atoms with van der Waals surface area (Å²) in [7, 11) is 2.09. The van der Waals surface area contributed by atoms with Gasteiger partial charge >= 0.3 is 0 Å². The minimum absolute atomic E-state index is 0.450. The Morgan fingerprint density at radius 3 is 2.50 bits per heavy atom. The van der Waals surface area contributed by atoms with Gasteiger partial charge in [-0.05, 0) is 54.2 Å². The van der Waals surface area contributed by atoms with Crippen molar-refractivity contribution in [1.82, 2.24) is 5.32 Å². The van der Waals surface area contributed by atoms with Crippen LogP contribution in [0.5, 0.6) is 0 Å². The number of nitrogens with one attached hydrogen (secondary N) is 1. The average molecular weight is 302 g/mol. The summed E-state index contributed by atoms with van der Waals surface area (Å²) in [6.07, 6.45) is 5.49. The van der Waals surface area contributed by atoms with Crippen molar-refractivity contribution in [2.75, 3.05) is 7.05 Å². The third-order valence-corrected chi connectivity index (χ3v) is 6.09. The summed E-state index contributed by atoms with van der Waals surface area (Å²) in [6, 6.07) is 2.81. The molecule has 1 N–H and O–H groups in total. The van der Waals surface area contributed by atoms with E-state index < -0.39 is 0 Å². The Balaban J connectivity index is 2.28. The van der Waals surface area contributed by atoms with E-state index in [0.29, 0.717) is 11.5 Å². The highest BCUT2D eigenvalue weighted by Crippen LogP contribution is 2.49. The van der Waals surface area contributed by atoms with Crippen LogP contribution < -0.4 is 5.32 Å². The second-order valence-electron chi connectivity index (χ2n) is 5.14. The van der Waals surface area contributed by atoms with Gasteiger partial charge in [0.05, 0.1) is 0 Å². The lowest BCUT2D eigenvalue weighted by Crippen LogP contribution is -2.31. The minimum Gasteiger partial charge on any atom is -0.312 e. The largest absolute Gasteiger partial charge is 0.312 e. The van der Waals surface area contributed by atoms with Gasteiger partial charge in [-0.15, -0.1) is 11.3 Å². The van der Waals surface area contributed by atoms with Crippen LogP contribution in [-0.4, -0.2) is 7.05 Å². The maximum atomic E-state index is 3.62. The molecule has 0 amide bonds. The predicted octanol–water partition coefficient (Wildman–Crippen LogP) is 4.66. The van der Waals surface area contributed by atoms with Crippen LogP contribution in [0.2, 0.25) is 0 Å². The summed E-state index contributed by atoms with van der Waals surface area (Å²) in [4.78, 5) is 2.87. The van der Waals surface area contributed by atoms with E-state index in [-0.39, 0.29) is 0 Å². The highest BCUT2D eigenvalue weighted by molar-refractivity contribution is 9.10. The number of hydrogen-bond donors (Lipinski definition) is 1. The molecule has 2 rings (SSSR count). The number of thiophene rings is 1. The molecule has 90 valence electrons. The zero-order chi connectivity index (χ0) is 11.8. The Morgan fingerprint density at radius 1 is 1.44 bits per heavy atom. The number of rotatable bonds is 3. The van der Waals surface area contributed by atoms with Gasteiger partial charge in [-0.1, -0.05) is 19.8 Å². The lowest BCUT2D eigenvalue weighted by molar-refractivity contribution is 0.237. The van der Waals surface area contributed by atoms with Crippen LogP contribution in [0.4, 0.5) is 0 Å². The molecule has 1 saturated carbocycles. The first-order valence-corrected chi connectivity index (χ1v) is 7.61. The van der Waals surface area contributed by atoms with Crippen molar-refractivity contribution in [2.45, 2.75) is 45.6 Å². The fraction of sp³-hybridized carbons (Fsp3) is 0.692. The fourth-order valence-electron chi connectivity index (χ4n) is 2.93. The average Bonchev–Trinajstić information content (AvgIpc) is 2.77. The Kier molecular flexibility index (Phi) is 3.77. The van der Waals surface area contributed by atoms with E-state index in [1.54, 1.807) is 0 Å². The third kappa shape index (κ3) is 2.22. The molecule has 3 heteroatoms. The quantitative estimate of drug-likeness (QED) is 0.856. The van der Waals surface area contributed by atoms with E-state index in [0.717, 1.165) is 0 Å². The lowest BCUT2D eigenvalue weighted by Gasteiger charge is -2.33. The normalized spacial score (nSPS) is 21.2. The van der Waals surface area contributed by atoms with Crippen molar-refractivity contribution < 1.29 is 0 Å². The van der Waals surface area contributed by atoms with Crippen molar-refractivity contribution in [3.05, 3.63) is 20.3 Å². The topological polar surface area (TPSA) is 12.0 Å². The van der Waals surface area contributed by atoms with E-state index in [2.05, 4.69) is 48.2 Å². The van der Waals surface area contributed by atoms with Gasteiger partial charge in [0, 0.05) is 20.3 Å². The van der Waals surface area contributed by atoms with E-state index in [1.807, 2.05) is 11.3 Å². The van der Waals surface area contributed by atoms with Crippen molar-refractivity contribution >= 4 is 27.3 Å². The predicted molar refractivity (Wildman–Crippen MR) is 75.1 cm³/mol. The van der Waals surface area contributed by atoms with Crippen molar-refractivity contribution in [3.8, 4) is 0 Å². The summed E-state index contributed by atoms with van der Waals surface area (Å²) in [5, 5.41) is 3.53. The first-order valence-electron chi connectivity index (χ1n) is 6.00. The third-order valence-electron chi connectivity index (χ3n) is 3.89. The first kappa shape index (κ1) is 12.6. The van der Waals surface area contributed by atoms with Gasteiger partial charge in [0.2, 0.25) is 0 Å². The van der Waals surface area contributed by atoms with Crippen LogP contribution >= 0.6 is 27.3 Å². The standard InChI is InChI=1S/C13H20BrNS/c1-9-10(14)8-11(16-9)12(15-3)13(2)6-4-5-7-13/h8,12,15H,4-7H2,1-3H3. The van der Waals surface area contributed by atoms with Crippen LogP contribution in [-0.2, 0) is 0 Å². The van der Waals surface area contributed by atoms with Crippen molar-refractivity contribution in [1.29, 1.82) is 0 Å². The van der Waals surface area contributed by atoms with Crippen molar-refractivity contribution in [2.24, 2.45) is 5.41 Å². The molecule has 1 aliphatic rings. The van der Waals surface area contributed by atoms with Gasteiger partial charge in [0.15, 0.2) is 0 Å². The molecule has 1 atom stereocenters. The van der Waals surface area contributed by atoms with E-state index >= 15 is 0 Å². The maximum Gasteiger partial charge on any atom is 0.0467 e. The summed E-state index contributed by atoms with van der Waals surface area (Å²) in [5.74, 6) is 0. The molecule has 0 bridgehead atoms. The summed E-state index contributed by atoms with van der Waals surface area (Å²) in [5.41, 5.74) is 0.450. The first-order chi connectivity index (χ1) is 7.57. The molecule has 1 aliphatic carbocycles. The lowest BCUT2D eigenvalue weighted by atomic mass is 9.80. The van der Waals surface area contributed by atoms with Gasteiger partial charge in [-0.2, -0.15) is 0 Å². The van der Waals surface area contributed by atoms with Gasteiger partial charge in [0.1, 0.15) is 0 Å². The zero-order valence-electron chi connectivity index (χ0n) is 10.3. The van der Waals surface area contributed by atoms with Gasteiger partial charge in [0.25, 0.3) is 0 Å². The van der Waals surface area contributed by atoms with E-state index in [4.69, 9.17) is 0 Å². The molecule has 0 aliphatic heterocycles. The molecule has 0 saturated heterocycles. The van der Waals surface area contributed by atoms with Gasteiger partial charge in [-0.25, -0.2) is 0 Å². The van der Waals surface area contributed by atoms with E-state index in [1.165, 1.54) is 39.9 Å². The molecule has 1 fully saturated rings. The molecule has 1 heterocycles. The van der Waals surface area contributed by atoms with Crippen LogP contribution in [0, 0.1) is 12.3 Å². The molecule has 0 radical (unpaired) electrons. The molecule has 1 aromatic heterocycles. The fourth-order valence-corrected chi connectivity index (χ4v) is 4.78. The second-order valence-corrected chi connectivity index (χ2v) is 7.28. The zero-order valence-corrected chi connectivity index (χ0v) is 12.7. The molecule has 0 aromatic carbocycles. The Morgan fingerprint density at radius 2 is 2.06 bits per heavy atom. The molecule has 1 aromatic rings. The molecular formula is C13H20BrNS. The second kappa shape index (κ2) is 4.79. The highest BCUT2D eigenvalue weighted by Gasteiger charge is 2.37. The Labute approximate surface area is 111 Å². The monoisotopic (exact) mass is 301 g/mol. The summed E-state index contributed by atoms with van der Waals surface area (Å²) in [6.45, 7) is 4.62. The van der Waals surface area contributed by atoms with Crippen molar-refractivity contribution in [3.63, 3.8) is 0 Å².